The van der Waals surface area contributed by atoms with Gasteiger partial charge in [-0.1, -0.05) is 23.7 Å². The van der Waals surface area contributed by atoms with E-state index in [0.717, 1.165) is 42.6 Å². The first-order chi connectivity index (χ1) is 13.5. The van der Waals surface area contributed by atoms with Crippen molar-refractivity contribution in [3.8, 4) is 0 Å². The SMILES string of the molecule is CC1=C(C(=O)OC2CCCCC2)C(c2ccc(N(C)C)cc2)n2nnnc2N1. The van der Waals surface area contributed by atoms with E-state index in [1.165, 1.54) is 6.42 Å². The highest BCUT2D eigenvalue weighted by atomic mass is 16.5. The quantitative estimate of drug-likeness (QED) is 0.814. The van der Waals surface area contributed by atoms with Crippen LogP contribution in [0.15, 0.2) is 35.5 Å². The second-order valence-corrected chi connectivity index (χ2v) is 7.66. The molecule has 1 aromatic carbocycles. The molecule has 1 saturated carbocycles. The van der Waals surface area contributed by atoms with Gasteiger partial charge >= 0.3 is 5.97 Å². The first-order valence-corrected chi connectivity index (χ1v) is 9.78. The normalized spacial score (nSPS) is 19.8. The highest BCUT2D eigenvalue weighted by molar-refractivity contribution is 5.92. The zero-order chi connectivity index (χ0) is 19.7. The van der Waals surface area contributed by atoms with Crippen molar-refractivity contribution in [3.63, 3.8) is 0 Å². The number of esters is 1. The predicted molar refractivity (Wildman–Crippen MR) is 106 cm³/mol. The van der Waals surface area contributed by atoms with E-state index in [2.05, 4.69) is 20.8 Å². The number of fused-ring (bicyclic) bond motifs is 1. The third-order valence-corrected chi connectivity index (χ3v) is 5.49. The number of allylic oxidation sites excluding steroid dienone is 1. The number of carbonyl (C=O) groups is 1. The van der Waals surface area contributed by atoms with Crippen LogP contribution in [0.1, 0.15) is 50.6 Å². The number of carbonyl (C=O) groups excluding carboxylic acids is 1. The number of tetrazole rings is 1. The fourth-order valence-electron chi connectivity index (χ4n) is 3.94. The molecule has 0 bridgehead atoms. The molecule has 4 rings (SSSR count). The maximum atomic E-state index is 13.2. The van der Waals surface area contributed by atoms with Crippen molar-refractivity contribution < 1.29 is 9.53 Å². The van der Waals surface area contributed by atoms with Crippen LogP contribution in [-0.2, 0) is 9.53 Å². The second-order valence-electron chi connectivity index (χ2n) is 7.66. The lowest BCUT2D eigenvalue weighted by molar-refractivity contribution is -0.146. The first-order valence-electron chi connectivity index (χ1n) is 9.78. The largest absolute Gasteiger partial charge is 0.459 e. The van der Waals surface area contributed by atoms with Gasteiger partial charge in [-0.15, -0.1) is 0 Å². The molecule has 0 radical (unpaired) electrons. The molecule has 8 heteroatoms. The van der Waals surface area contributed by atoms with E-state index in [4.69, 9.17) is 4.74 Å². The lowest BCUT2D eigenvalue weighted by Crippen LogP contribution is -2.32. The number of nitrogens with one attached hydrogen (secondary N) is 1. The third-order valence-electron chi connectivity index (χ3n) is 5.49. The summed E-state index contributed by atoms with van der Waals surface area (Å²) >= 11 is 0. The van der Waals surface area contributed by atoms with Crippen molar-refractivity contribution in [3.05, 3.63) is 41.1 Å². The summed E-state index contributed by atoms with van der Waals surface area (Å²) in [5.74, 6) is 0.230. The highest BCUT2D eigenvalue weighted by Crippen LogP contribution is 2.36. The Balaban J connectivity index is 1.68. The van der Waals surface area contributed by atoms with Crippen LogP contribution in [0, 0.1) is 0 Å². The molecule has 1 N–H and O–H groups in total. The summed E-state index contributed by atoms with van der Waals surface area (Å²) in [6.07, 6.45) is 5.30. The van der Waals surface area contributed by atoms with Crippen LogP contribution >= 0.6 is 0 Å². The molecule has 2 aromatic rings. The van der Waals surface area contributed by atoms with Gasteiger partial charge in [-0.3, -0.25) is 0 Å². The van der Waals surface area contributed by atoms with Gasteiger partial charge in [0, 0.05) is 25.5 Å². The fraction of sp³-hybridized carbons (Fsp3) is 0.500. The monoisotopic (exact) mass is 382 g/mol. The molecule has 0 amide bonds. The number of anilines is 2. The lowest BCUT2D eigenvalue weighted by Gasteiger charge is -2.29. The molecule has 0 saturated heterocycles. The van der Waals surface area contributed by atoms with Gasteiger partial charge in [-0.05, 0) is 60.7 Å². The Bertz CT molecular complexity index is 880. The lowest BCUT2D eigenvalue weighted by atomic mass is 9.94. The number of ether oxygens (including phenoxy) is 1. The molecule has 1 atom stereocenters. The Kier molecular flexibility index (Phi) is 5.02. The summed E-state index contributed by atoms with van der Waals surface area (Å²) in [7, 11) is 3.99. The molecule has 2 aliphatic rings. The smallest absolute Gasteiger partial charge is 0.338 e. The predicted octanol–water partition coefficient (Wildman–Crippen LogP) is 2.90. The summed E-state index contributed by atoms with van der Waals surface area (Å²) in [5, 5.41) is 15.1. The summed E-state index contributed by atoms with van der Waals surface area (Å²) in [6.45, 7) is 1.87. The van der Waals surface area contributed by atoms with Crippen LogP contribution < -0.4 is 10.2 Å². The van der Waals surface area contributed by atoms with Gasteiger partial charge in [0.25, 0.3) is 0 Å². The number of hydrogen-bond acceptors (Lipinski definition) is 7. The van der Waals surface area contributed by atoms with Crippen molar-refractivity contribution >= 4 is 17.6 Å². The fourth-order valence-corrected chi connectivity index (χ4v) is 3.94. The van der Waals surface area contributed by atoms with Crippen molar-refractivity contribution in [1.29, 1.82) is 0 Å². The minimum Gasteiger partial charge on any atom is -0.459 e. The van der Waals surface area contributed by atoms with Crippen LogP contribution in [0.4, 0.5) is 11.6 Å². The van der Waals surface area contributed by atoms with E-state index in [0.29, 0.717) is 11.5 Å². The van der Waals surface area contributed by atoms with E-state index in [9.17, 15) is 4.79 Å². The van der Waals surface area contributed by atoms with Gasteiger partial charge in [-0.2, -0.15) is 4.68 Å². The van der Waals surface area contributed by atoms with Gasteiger partial charge in [-0.25, -0.2) is 4.79 Å². The summed E-state index contributed by atoms with van der Waals surface area (Å²) in [5.41, 5.74) is 3.31. The summed E-state index contributed by atoms with van der Waals surface area (Å²) in [4.78, 5) is 15.2. The maximum Gasteiger partial charge on any atom is 0.338 e. The number of hydrogen-bond donors (Lipinski definition) is 1. The molecule has 0 spiro atoms. The van der Waals surface area contributed by atoms with Crippen LogP contribution in [0.25, 0.3) is 0 Å². The molecular weight excluding hydrogens is 356 g/mol. The Morgan fingerprint density at radius 1 is 1.18 bits per heavy atom. The highest BCUT2D eigenvalue weighted by Gasteiger charge is 2.36. The van der Waals surface area contributed by atoms with E-state index < -0.39 is 6.04 Å². The molecular formula is C20H26N6O2. The molecule has 1 fully saturated rings. The van der Waals surface area contributed by atoms with Crippen LogP contribution in [0.5, 0.6) is 0 Å². The molecule has 8 nitrogen and oxygen atoms in total. The molecule has 1 aromatic heterocycles. The molecule has 148 valence electrons. The van der Waals surface area contributed by atoms with Gasteiger partial charge < -0.3 is 15.0 Å². The van der Waals surface area contributed by atoms with E-state index in [1.54, 1.807) is 4.68 Å². The minimum atomic E-state index is -0.418. The topological polar surface area (TPSA) is 85.2 Å². The standard InChI is InChI=1S/C20H26N6O2/c1-13-17(19(27)28-16-7-5-4-6-8-16)18(26-20(21-13)22-23-24-26)14-9-11-15(12-10-14)25(2)3/h9-12,16,18H,4-8H2,1-3H3,(H,21,22,24). The van der Waals surface area contributed by atoms with Crippen LogP contribution in [0.2, 0.25) is 0 Å². The molecule has 2 heterocycles. The Morgan fingerprint density at radius 3 is 2.57 bits per heavy atom. The summed E-state index contributed by atoms with van der Waals surface area (Å²) in [6, 6.07) is 7.66. The number of nitrogens with zero attached hydrogens (tertiary/aromatic N) is 5. The van der Waals surface area contributed by atoms with Crippen LogP contribution in [0.3, 0.4) is 0 Å². The van der Waals surface area contributed by atoms with Gasteiger partial charge in [0.15, 0.2) is 0 Å². The van der Waals surface area contributed by atoms with E-state index in [-0.39, 0.29) is 12.1 Å². The van der Waals surface area contributed by atoms with Crippen LogP contribution in [-0.4, -0.2) is 46.4 Å². The Hall–Kier alpha value is -2.90. The average molecular weight is 382 g/mol. The van der Waals surface area contributed by atoms with Gasteiger partial charge in [0.1, 0.15) is 12.1 Å². The zero-order valence-electron chi connectivity index (χ0n) is 16.6. The van der Waals surface area contributed by atoms with Crippen molar-refractivity contribution in [1.82, 2.24) is 20.2 Å². The Morgan fingerprint density at radius 2 is 1.89 bits per heavy atom. The third kappa shape index (κ3) is 3.46. The maximum absolute atomic E-state index is 13.2. The van der Waals surface area contributed by atoms with Gasteiger partial charge in [0.05, 0.1) is 5.57 Å². The van der Waals surface area contributed by atoms with Crippen molar-refractivity contribution in [2.45, 2.75) is 51.2 Å². The minimum absolute atomic E-state index is 0.00594. The van der Waals surface area contributed by atoms with E-state index in [1.807, 2.05) is 50.2 Å². The number of rotatable bonds is 4. The first kappa shape index (κ1) is 18.5. The molecule has 28 heavy (non-hydrogen) atoms. The number of benzene rings is 1. The average Bonchev–Trinajstić information content (AvgIpc) is 3.15. The van der Waals surface area contributed by atoms with E-state index >= 15 is 0 Å². The zero-order valence-corrected chi connectivity index (χ0v) is 16.6. The van der Waals surface area contributed by atoms with Crippen molar-refractivity contribution in [2.75, 3.05) is 24.3 Å². The molecule has 1 unspecified atom stereocenters. The summed E-state index contributed by atoms with van der Waals surface area (Å²) < 4.78 is 7.53. The second kappa shape index (κ2) is 7.61. The van der Waals surface area contributed by atoms with Crippen molar-refractivity contribution in [2.24, 2.45) is 0 Å². The Labute approximate surface area is 164 Å². The molecule has 1 aliphatic heterocycles. The molecule has 1 aliphatic carbocycles. The van der Waals surface area contributed by atoms with Gasteiger partial charge in [0.2, 0.25) is 5.95 Å². The number of aromatic nitrogens is 4.